The van der Waals surface area contributed by atoms with E-state index in [1.807, 2.05) is 0 Å². The molecule has 1 atom stereocenters. The van der Waals surface area contributed by atoms with Crippen LogP contribution in [-0.2, 0) is 10.2 Å². The molecule has 8 heteroatoms. The first kappa shape index (κ1) is 16.5. The summed E-state index contributed by atoms with van der Waals surface area (Å²) >= 11 is 3.32. The number of halogens is 1. The molecule has 2 rings (SSSR count). The molecule has 0 saturated carbocycles. The van der Waals surface area contributed by atoms with Crippen LogP contribution in [0.5, 0.6) is 5.75 Å². The predicted octanol–water partition coefficient (Wildman–Crippen LogP) is 1.96. The standard InChI is InChI=1S/C13H19BrN2O4S/c1-20-13-8-10(5-6-12(13)14)15-21(18,19)16-7-3-2-4-11(16)9-17/h5-6,8,11,15,17H,2-4,7,9H2,1H3. The summed E-state index contributed by atoms with van der Waals surface area (Å²) in [5.41, 5.74) is 0.428. The van der Waals surface area contributed by atoms with Crippen LogP contribution in [0.15, 0.2) is 22.7 Å². The SMILES string of the molecule is COc1cc(NS(=O)(=O)N2CCCCC2CO)ccc1Br. The van der Waals surface area contributed by atoms with E-state index < -0.39 is 10.2 Å². The van der Waals surface area contributed by atoms with Gasteiger partial charge in [-0.2, -0.15) is 12.7 Å². The molecule has 0 spiro atoms. The van der Waals surface area contributed by atoms with Crippen molar-refractivity contribution in [2.45, 2.75) is 25.3 Å². The van der Waals surface area contributed by atoms with Gasteiger partial charge in [0.25, 0.3) is 0 Å². The lowest BCUT2D eigenvalue weighted by atomic mass is 10.1. The zero-order chi connectivity index (χ0) is 15.5. The summed E-state index contributed by atoms with van der Waals surface area (Å²) in [6.07, 6.45) is 2.42. The molecule has 0 bridgehead atoms. The van der Waals surface area contributed by atoms with Crippen LogP contribution in [-0.4, -0.2) is 44.1 Å². The van der Waals surface area contributed by atoms with Gasteiger partial charge < -0.3 is 9.84 Å². The predicted molar refractivity (Wildman–Crippen MR) is 84.7 cm³/mol. The lowest BCUT2D eigenvalue weighted by molar-refractivity contribution is 0.156. The lowest BCUT2D eigenvalue weighted by Crippen LogP contribution is -2.47. The summed E-state index contributed by atoms with van der Waals surface area (Å²) < 4.78 is 34.7. The molecule has 1 aliphatic rings. The first-order valence-corrected chi connectivity index (χ1v) is 8.95. The molecule has 118 valence electrons. The number of benzene rings is 1. The van der Waals surface area contributed by atoms with Crippen molar-refractivity contribution in [2.24, 2.45) is 0 Å². The van der Waals surface area contributed by atoms with Crippen molar-refractivity contribution in [1.29, 1.82) is 0 Å². The Labute approximate surface area is 133 Å². The molecule has 0 aliphatic carbocycles. The second-order valence-corrected chi connectivity index (χ2v) is 7.38. The number of methoxy groups -OCH3 is 1. The maximum Gasteiger partial charge on any atom is 0.301 e. The molecule has 2 N–H and O–H groups in total. The Morgan fingerprint density at radius 1 is 1.48 bits per heavy atom. The van der Waals surface area contributed by atoms with Crippen molar-refractivity contribution in [3.63, 3.8) is 0 Å². The number of aliphatic hydroxyl groups is 1. The fraction of sp³-hybridized carbons (Fsp3) is 0.538. The number of rotatable bonds is 5. The molecule has 21 heavy (non-hydrogen) atoms. The van der Waals surface area contributed by atoms with Crippen LogP contribution in [0.3, 0.4) is 0 Å². The molecule has 0 aromatic heterocycles. The fourth-order valence-corrected chi connectivity index (χ4v) is 4.29. The zero-order valence-corrected chi connectivity index (χ0v) is 14.2. The number of hydrogen-bond acceptors (Lipinski definition) is 4. The molecular formula is C13H19BrN2O4S. The third-order valence-electron chi connectivity index (χ3n) is 3.49. The van der Waals surface area contributed by atoms with Gasteiger partial charge in [-0.3, -0.25) is 4.72 Å². The van der Waals surface area contributed by atoms with Gasteiger partial charge in [0.15, 0.2) is 0 Å². The lowest BCUT2D eigenvalue weighted by Gasteiger charge is -2.33. The molecule has 0 radical (unpaired) electrons. The Kier molecular flexibility index (Phi) is 5.48. The topological polar surface area (TPSA) is 78.9 Å². The van der Waals surface area contributed by atoms with E-state index in [1.54, 1.807) is 18.2 Å². The summed E-state index contributed by atoms with van der Waals surface area (Å²) in [6, 6.07) is 4.63. The van der Waals surface area contributed by atoms with Gasteiger partial charge in [-0.1, -0.05) is 6.42 Å². The van der Waals surface area contributed by atoms with Crippen LogP contribution in [0.4, 0.5) is 5.69 Å². The van der Waals surface area contributed by atoms with Gasteiger partial charge in [-0.25, -0.2) is 0 Å². The molecule has 1 aromatic rings. The molecule has 6 nitrogen and oxygen atoms in total. The molecule has 1 aliphatic heterocycles. The zero-order valence-electron chi connectivity index (χ0n) is 11.8. The van der Waals surface area contributed by atoms with E-state index in [0.717, 1.165) is 17.3 Å². The number of piperidine rings is 1. The number of anilines is 1. The minimum atomic E-state index is -3.68. The molecule has 1 fully saturated rings. The van der Waals surface area contributed by atoms with Gasteiger partial charge in [0.05, 0.1) is 23.9 Å². The van der Waals surface area contributed by atoms with Gasteiger partial charge in [0, 0.05) is 18.7 Å². The number of ether oxygens (including phenoxy) is 1. The molecular weight excluding hydrogens is 360 g/mol. The number of aliphatic hydroxyl groups excluding tert-OH is 1. The van der Waals surface area contributed by atoms with E-state index in [1.165, 1.54) is 11.4 Å². The maximum atomic E-state index is 12.5. The van der Waals surface area contributed by atoms with Crippen LogP contribution >= 0.6 is 15.9 Å². The van der Waals surface area contributed by atoms with Crippen LogP contribution in [0.2, 0.25) is 0 Å². The highest BCUT2D eigenvalue weighted by molar-refractivity contribution is 9.10. The van der Waals surface area contributed by atoms with Gasteiger partial charge in [-0.05, 0) is 40.9 Å². The minimum absolute atomic E-state index is 0.162. The molecule has 1 aromatic carbocycles. The second kappa shape index (κ2) is 6.95. The Hall–Kier alpha value is -0.830. The summed E-state index contributed by atoms with van der Waals surface area (Å²) in [5.74, 6) is 0.549. The van der Waals surface area contributed by atoms with Crippen LogP contribution in [0.25, 0.3) is 0 Å². The van der Waals surface area contributed by atoms with Gasteiger partial charge in [0.1, 0.15) is 5.75 Å². The Balaban J connectivity index is 2.20. The fourth-order valence-electron chi connectivity index (χ4n) is 2.40. The van der Waals surface area contributed by atoms with Gasteiger partial charge in [-0.15, -0.1) is 0 Å². The van der Waals surface area contributed by atoms with E-state index in [2.05, 4.69) is 20.7 Å². The smallest absolute Gasteiger partial charge is 0.301 e. The summed E-state index contributed by atoms with van der Waals surface area (Å²) in [5, 5.41) is 9.35. The van der Waals surface area contributed by atoms with Crippen molar-refractivity contribution in [3.8, 4) is 5.75 Å². The molecule has 0 amide bonds. The Bertz CT molecular complexity index is 594. The Morgan fingerprint density at radius 3 is 2.90 bits per heavy atom. The van der Waals surface area contributed by atoms with E-state index in [4.69, 9.17) is 4.74 Å². The average molecular weight is 379 g/mol. The molecule has 1 unspecified atom stereocenters. The highest BCUT2D eigenvalue weighted by Gasteiger charge is 2.31. The van der Waals surface area contributed by atoms with Crippen molar-refractivity contribution in [2.75, 3.05) is 25.0 Å². The largest absolute Gasteiger partial charge is 0.495 e. The van der Waals surface area contributed by atoms with E-state index in [-0.39, 0.29) is 12.6 Å². The van der Waals surface area contributed by atoms with Crippen molar-refractivity contribution in [1.82, 2.24) is 4.31 Å². The second-order valence-electron chi connectivity index (χ2n) is 4.90. The number of nitrogens with zero attached hydrogens (tertiary/aromatic N) is 1. The van der Waals surface area contributed by atoms with Gasteiger partial charge >= 0.3 is 10.2 Å². The third-order valence-corrected chi connectivity index (χ3v) is 5.74. The van der Waals surface area contributed by atoms with Crippen LogP contribution < -0.4 is 9.46 Å². The quantitative estimate of drug-likeness (QED) is 0.820. The first-order valence-electron chi connectivity index (χ1n) is 6.72. The summed E-state index contributed by atoms with van der Waals surface area (Å²) in [7, 11) is -2.16. The van der Waals surface area contributed by atoms with Crippen molar-refractivity contribution < 1.29 is 18.3 Å². The van der Waals surface area contributed by atoms with Crippen LogP contribution in [0.1, 0.15) is 19.3 Å². The minimum Gasteiger partial charge on any atom is -0.495 e. The average Bonchev–Trinajstić information content (AvgIpc) is 2.49. The molecule has 1 heterocycles. The van der Waals surface area contributed by atoms with Crippen molar-refractivity contribution >= 4 is 31.8 Å². The maximum absolute atomic E-state index is 12.5. The number of hydrogen-bond donors (Lipinski definition) is 2. The number of nitrogens with one attached hydrogen (secondary N) is 1. The van der Waals surface area contributed by atoms with Crippen molar-refractivity contribution in [3.05, 3.63) is 22.7 Å². The third kappa shape index (κ3) is 3.88. The summed E-state index contributed by atoms with van der Waals surface area (Å²) in [6.45, 7) is 0.263. The van der Waals surface area contributed by atoms with E-state index in [9.17, 15) is 13.5 Å². The highest BCUT2D eigenvalue weighted by atomic mass is 79.9. The summed E-state index contributed by atoms with van der Waals surface area (Å²) in [4.78, 5) is 0. The van der Waals surface area contributed by atoms with E-state index >= 15 is 0 Å². The first-order chi connectivity index (χ1) is 9.97. The van der Waals surface area contributed by atoms with Gasteiger partial charge in [0.2, 0.25) is 0 Å². The van der Waals surface area contributed by atoms with Crippen LogP contribution in [0, 0.1) is 0 Å². The van der Waals surface area contributed by atoms with E-state index in [0.29, 0.717) is 24.4 Å². The monoisotopic (exact) mass is 378 g/mol. The highest BCUT2D eigenvalue weighted by Crippen LogP contribution is 2.29. The molecule has 1 saturated heterocycles. The Morgan fingerprint density at radius 2 is 2.24 bits per heavy atom. The normalized spacial score (nSPS) is 20.2.